The van der Waals surface area contributed by atoms with Crippen molar-refractivity contribution in [1.29, 1.82) is 5.41 Å². The zero-order valence-electron chi connectivity index (χ0n) is 15.1. The van der Waals surface area contributed by atoms with E-state index >= 15 is 0 Å². The highest BCUT2D eigenvalue weighted by atomic mass is 32.1. The molecule has 3 N–H and O–H groups in total. The van der Waals surface area contributed by atoms with Crippen molar-refractivity contribution in [1.82, 2.24) is 9.97 Å². The molecule has 1 fully saturated rings. The average molecular weight is 382 g/mol. The molecule has 4 rings (SSSR count). The smallest absolute Gasteiger partial charge is 0.134 e. The Kier molecular flexibility index (Phi) is 5.15. The summed E-state index contributed by atoms with van der Waals surface area (Å²) >= 11 is 1.55. The third-order valence-electron chi connectivity index (χ3n) is 5.01. The molecule has 3 aromatic heterocycles. The van der Waals surface area contributed by atoms with E-state index in [0.29, 0.717) is 5.82 Å². The molecule has 0 spiro atoms. The summed E-state index contributed by atoms with van der Waals surface area (Å²) in [6.07, 6.45) is 4.37. The van der Waals surface area contributed by atoms with Gasteiger partial charge in [-0.15, -0.1) is 11.3 Å². The van der Waals surface area contributed by atoms with E-state index in [4.69, 9.17) is 15.1 Å². The highest BCUT2D eigenvalue weighted by Crippen LogP contribution is 2.37. The van der Waals surface area contributed by atoms with Gasteiger partial charge in [-0.3, -0.25) is 0 Å². The van der Waals surface area contributed by atoms with Gasteiger partial charge < -0.3 is 20.6 Å². The van der Waals surface area contributed by atoms with Crippen molar-refractivity contribution in [2.45, 2.75) is 18.9 Å². The molecular formula is C20H22N4O2S. The Hall–Kier alpha value is -2.35. The first-order valence-corrected chi connectivity index (χ1v) is 9.86. The molecule has 0 saturated carbocycles. The standard InChI is InChI=1S/C20H22N4O2S/c1-22-19-14(10-21)8-15(11-23-19)16-3-2-13-9-17(27-20(13)24-16)18(25)12-4-6-26-7-5-12/h2-3,8-12,18,21,25H,4-7H2,1H3,(H,22,23). The van der Waals surface area contributed by atoms with Crippen LogP contribution in [0.15, 0.2) is 30.5 Å². The van der Waals surface area contributed by atoms with Crippen LogP contribution in [0, 0.1) is 11.3 Å². The highest BCUT2D eigenvalue weighted by Gasteiger charge is 2.25. The molecular weight excluding hydrogens is 360 g/mol. The van der Waals surface area contributed by atoms with Gasteiger partial charge in [-0.05, 0) is 43.0 Å². The second-order valence-electron chi connectivity index (χ2n) is 6.69. The Balaban J connectivity index is 1.65. The third-order valence-corrected chi connectivity index (χ3v) is 6.13. The topological polar surface area (TPSA) is 91.1 Å². The number of hydrogen-bond acceptors (Lipinski definition) is 7. The molecule has 140 valence electrons. The van der Waals surface area contributed by atoms with Gasteiger partial charge >= 0.3 is 0 Å². The lowest BCUT2D eigenvalue weighted by molar-refractivity contribution is 0.00856. The van der Waals surface area contributed by atoms with Gasteiger partial charge in [0.25, 0.3) is 0 Å². The second-order valence-corrected chi connectivity index (χ2v) is 7.75. The zero-order chi connectivity index (χ0) is 18.8. The second kappa shape index (κ2) is 7.72. The van der Waals surface area contributed by atoms with E-state index in [9.17, 15) is 5.11 Å². The molecule has 0 aliphatic carbocycles. The molecule has 1 aliphatic rings. The summed E-state index contributed by atoms with van der Waals surface area (Å²) in [5.41, 5.74) is 2.41. The first kappa shape index (κ1) is 18.0. The number of hydrogen-bond donors (Lipinski definition) is 3. The Bertz CT molecular complexity index is 966. The van der Waals surface area contributed by atoms with Crippen molar-refractivity contribution in [3.8, 4) is 11.3 Å². The van der Waals surface area contributed by atoms with Gasteiger partial charge in [-0.25, -0.2) is 9.97 Å². The van der Waals surface area contributed by atoms with E-state index in [0.717, 1.165) is 58.0 Å². The van der Waals surface area contributed by atoms with Crippen molar-refractivity contribution < 1.29 is 9.84 Å². The van der Waals surface area contributed by atoms with Crippen molar-refractivity contribution in [2.24, 2.45) is 5.92 Å². The third kappa shape index (κ3) is 3.58. The van der Waals surface area contributed by atoms with Gasteiger partial charge in [0.2, 0.25) is 0 Å². The minimum Gasteiger partial charge on any atom is -0.387 e. The molecule has 0 radical (unpaired) electrons. The maximum absolute atomic E-state index is 10.7. The molecule has 1 aliphatic heterocycles. The van der Waals surface area contributed by atoms with E-state index in [1.807, 2.05) is 24.3 Å². The first-order valence-electron chi connectivity index (χ1n) is 9.04. The molecule has 27 heavy (non-hydrogen) atoms. The van der Waals surface area contributed by atoms with Crippen LogP contribution in [0.4, 0.5) is 5.82 Å². The lowest BCUT2D eigenvalue weighted by Crippen LogP contribution is -2.21. The minimum absolute atomic E-state index is 0.250. The van der Waals surface area contributed by atoms with Crippen LogP contribution in [0.25, 0.3) is 21.5 Å². The van der Waals surface area contributed by atoms with Crippen LogP contribution < -0.4 is 5.32 Å². The summed E-state index contributed by atoms with van der Waals surface area (Å²) in [4.78, 5) is 11.0. The molecule has 0 aromatic carbocycles. The lowest BCUT2D eigenvalue weighted by Gasteiger charge is -2.25. The Labute approximate surface area is 161 Å². The number of rotatable bonds is 5. The molecule has 1 saturated heterocycles. The fourth-order valence-electron chi connectivity index (χ4n) is 3.45. The van der Waals surface area contributed by atoms with Gasteiger partial charge in [0, 0.05) is 54.1 Å². The van der Waals surface area contributed by atoms with E-state index in [1.165, 1.54) is 6.21 Å². The predicted molar refractivity (Wildman–Crippen MR) is 109 cm³/mol. The largest absolute Gasteiger partial charge is 0.387 e. The van der Waals surface area contributed by atoms with Crippen LogP contribution in [-0.2, 0) is 4.74 Å². The number of nitrogens with zero attached hydrogens (tertiary/aromatic N) is 2. The number of ether oxygens (including phenoxy) is 1. The fourth-order valence-corrected chi connectivity index (χ4v) is 4.56. The normalized spacial score (nSPS) is 16.4. The molecule has 4 heterocycles. The Morgan fingerprint density at radius 2 is 2.15 bits per heavy atom. The predicted octanol–water partition coefficient (Wildman–Crippen LogP) is 3.86. The molecule has 1 unspecified atom stereocenters. The maximum Gasteiger partial charge on any atom is 0.134 e. The van der Waals surface area contributed by atoms with Crippen molar-refractivity contribution >= 4 is 33.6 Å². The summed E-state index contributed by atoms with van der Waals surface area (Å²) in [5.74, 6) is 0.924. The van der Waals surface area contributed by atoms with Crippen LogP contribution in [0.2, 0.25) is 0 Å². The maximum atomic E-state index is 10.7. The van der Waals surface area contributed by atoms with Crippen molar-refractivity contribution in [3.05, 3.63) is 40.9 Å². The Morgan fingerprint density at radius 3 is 2.89 bits per heavy atom. The number of anilines is 1. The number of fused-ring (bicyclic) bond motifs is 1. The van der Waals surface area contributed by atoms with E-state index in [1.54, 1.807) is 24.6 Å². The van der Waals surface area contributed by atoms with E-state index < -0.39 is 6.10 Å². The monoisotopic (exact) mass is 382 g/mol. The highest BCUT2D eigenvalue weighted by molar-refractivity contribution is 7.18. The van der Waals surface area contributed by atoms with Gasteiger partial charge in [0.1, 0.15) is 10.6 Å². The summed E-state index contributed by atoms with van der Waals surface area (Å²) < 4.78 is 5.40. The van der Waals surface area contributed by atoms with Crippen LogP contribution in [0.3, 0.4) is 0 Å². The lowest BCUT2D eigenvalue weighted by atomic mass is 9.93. The van der Waals surface area contributed by atoms with Crippen LogP contribution >= 0.6 is 11.3 Å². The average Bonchev–Trinajstić information content (AvgIpc) is 3.16. The fraction of sp³-hybridized carbons (Fsp3) is 0.350. The number of pyridine rings is 2. The minimum atomic E-state index is -0.461. The molecule has 3 aromatic rings. The van der Waals surface area contributed by atoms with Gasteiger partial charge in [0.15, 0.2) is 0 Å². The molecule has 6 nitrogen and oxygen atoms in total. The zero-order valence-corrected chi connectivity index (χ0v) is 15.9. The SMILES string of the molecule is CNc1ncc(-c2ccc3cc(C(O)C4CCOCC4)sc3n2)cc1C=N. The van der Waals surface area contributed by atoms with Gasteiger partial charge in [0.05, 0.1) is 11.8 Å². The number of aliphatic hydroxyl groups excluding tert-OH is 1. The van der Waals surface area contributed by atoms with Crippen molar-refractivity contribution in [2.75, 3.05) is 25.6 Å². The Morgan fingerprint density at radius 1 is 1.33 bits per heavy atom. The van der Waals surface area contributed by atoms with E-state index in [2.05, 4.69) is 10.3 Å². The summed E-state index contributed by atoms with van der Waals surface area (Å²) in [7, 11) is 1.79. The number of aromatic nitrogens is 2. The summed E-state index contributed by atoms with van der Waals surface area (Å²) in [5, 5.41) is 22.3. The van der Waals surface area contributed by atoms with E-state index in [-0.39, 0.29) is 5.92 Å². The number of aliphatic hydroxyl groups is 1. The first-order chi connectivity index (χ1) is 13.2. The summed E-state index contributed by atoms with van der Waals surface area (Å²) in [6, 6.07) is 7.95. The number of nitrogens with one attached hydrogen (secondary N) is 2. The van der Waals surface area contributed by atoms with Crippen LogP contribution in [-0.4, -0.2) is 41.6 Å². The quantitative estimate of drug-likeness (QED) is 0.583. The van der Waals surface area contributed by atoms with Gasteiger partial charge in [-0.2, -0.15) is 0 Å². The van der Waals surface area contributed by atoms with Gasteiger partial charge in [-0.1, -0.05) is 0 Å². The molecule has 0 bridgehead atoms. The molecule has 0 amide bonds. The summed E-state index contributed by atoms with van der Waals surface area (Å²) in [6.45, 7) is 1.44. The molecule has 1 atom stereocenters. The van der Waals surface area contributed by atoms with Crippen LogP contribution in [0.1, 0.15) is 29.4 Å². The molecule has 7 heteroatoms. The number of thiophene rings is 1. The van der Waals surface area contributed by atoms with Crippen molar-refractivity contribution in [3.63, 3.8) is 0 Å². The van der Waals surface area contributed by atoms with Crippen LogP contribution in [0.5, 0.6) is 0 Å².